The highest BCUT2D eigenvalue weighted by Gasteiger charge is 2.32. The first-order valence-electron chi connectivity index (χ1n) is 7.22. The summed E-state index contributed by atoms with van der Waals surface area (Å²) in [6.07, 6.45) is 3.70. The number of methoxy groups -OCH3 is 1. The number of hydrogen-bond acceptors (Lipinski definition) is 5. The molecule has 0 aromatic carbocycles. The average Bonchev–Trinajstić information content (AvgIpc) is 3.14. The van der Waals surface area contributed by atoms with Gasteiger partial charge in [-0.15, -0.1) is 11.3 Å². The highest BCUT2D eigenvalue weighted by Crippen LogP contribution is 2.30. The lowest BCUT2D eigenvalue weighted by Crippen LogP contribution is -2.40. The van der Waals surface area contributed by atoms with Crippen molar-refractivity contribution in [1.82, 2.24) is 4.72 Å². The summed E-state index contributed by atoms with van der Waals surface area (Å²) < 4.78 is 32.3. The van der Waals surface area contributed by atoms with Gasteiger partial charge in [-0.25, -0.2) is 8.42 Å². The molecule has 1 heterocycles. The van der Waals surface area contributed by atoms with E-state index in [2.05, 4.69) is 4.72 Å². The molecule has 6 nitrogen and oxygen atoms in total. The van der Waals surface area contributed by atoms with Crippen LogP contribution >= 0.6 is 11.3 Å². The Bertz CT molecular complexity index is 578. The Morgan fingerprint density at radius 3 is 2.68 bits per heavy atom. The summed E-state index contributed by atoms with van der Waals surface area (Å²) in [7, 11) is -2.24. The van der Waals surface area contributed by atoms with E-state index in [9.17, 15) is 18.3 Å². The first-order valence-corrected chi connectivity index (χ1v) is 9.75. The van der Waals surface area contributed by atoms with E-state index in [1.54, 1.807) is 17.5 Å². The Balaban J connectivity index is 2.06. The molecule has 2 atom stereocenters. The van der Waals surface area contributed by atoms with Gasteiger partial charge in [0.25, 0.3) is 0 Å². The second kappa shape index (κ2) is 7.54. The summed E-state index contributed by atoms with van der Waals surface area (Å²) in [5.74, 6) is -1.18. The molecule has 1 aliphatic carbocycles. The summed E-state index contributed by atoms with van der Waals surface area (Å²) in [6.45, 7) is 0. The molecular formula is C14H21NO5S2. The Morgan fingerprint density at radius 2 is 2.18 bits per heavy atom. The zero-order chi connectivity index (χ0) is 16.2. The van der Waals surface area contributed by atoms with Crippen molar-refractivity contribution < 1.29 is 23.1 Å². The van der Waals surface area contributed by atoms with Crippen molar-refractivity contribution in [2.75, 3.05) is 12.9 Å². The number of sulfonamides is 1. The number of hydrogen-bond donors (Lipinski definition) is 2. The molecule has 0 bridgehead atoms. The van der Waals surface area contributed by atoms with E-state index in [1.165, 1.54) is 18.4 Å². The van der Waals surface area contributed by atoms with E-state index in [1.807, 2.05) is 0 Å². The number of carboxylic acids is 1. The Hall–Kier alpha value is -0.960. The van der Waals surface area contributed by atoms with Crippen LogP contribution in [0.1, 0.15) is 36.6 Å². The Labute approximate surface area is 134 Å². The van der Waals surface area contributed by atoms with Crippen molar-refractivity contribution in [2.24, 2.45) is 5.92 Å². The third kappa shape index (κ3) is 4.52. The lowest BCUT2D eigenvalue weighted by molar-refractivity contribution is -0.139. The van der Waals surface area contributed by atoms with Gasteiger partial charge >= 0.3 is 5.97 Å². The number of rotatable bonds is 8. The molecule has 1 saturated carbocycles. The summed E-state index contributed by atoms with van der Waals surface area (Å²) in [6, 6.07) is 2.06. The van der Waals surface area contributed by atoms with Crippen LogP contribution in [0.3, 0.4) is 0 Å². The minimum Gasteiger partial charge on any atom is -0.480 e. The van der Waals surface area contributed by atoms with Gasteiger partial charge in [0.05, 0.1) is 11.9 Å². The van der Waals surface area contributed by atoms with E-state index in [4.69, 9.17) is 4.74 Å². The predicted octanol–water partition coefficient (Wildman–Crippen LogP) is 2.00. The van der Waals surface area contributed by atoms with Gasteiger partial charge in [-0.3, -0.25) is 4.79 Å². The molecule has 8 heteroatoms. The normalized spacial score (nSPS) is 19.1. The van der Waals surface area contributed by atoms with Crippen LogP contribution in [0.2, 0.25) is 0 Å². The fourth-order valence-electron chi connectivity index (χ4n) is 2.86. The molecule has 1 fully saturated rings. The van der Waals surface area contributed by atoms with Gasteiger partial charge in [-0.2, -0.15) is 4.72 Å². The molecule has 0 amide bonds. The summed E-state index contributed by atoms with van der Waals surface area (Å²) in [5.41, 5.74) is 0. The zero-order valence-corrected chi connectivity index (χ0v) is 14.0. The largest absolute Gasteiger partial charge is 0.480 e. The van der Waals surface area contributed by atoms with Crippen LogP contribution in [-0.2, 0) is 19.6 Å². The van der Waals surface area contributed by atoms with Crippen molar-refractivity contribution in [2.45, 2.75) is 37.8 Å². The quantitative estimate of drug-likeness (QED) is 0.750. The molecule has 2 unspecified atom stereocenters. The highest BCUT2D eigenvalue weighted by atomic mass is 32.2. The standard InChI is InChI=1S/C14H21NO5S2/c1-20-11(10-5-2-3-6-10)9-22(18,19)15-13(14(16)17)12-7-4-8-21-12/h4,7-8,10-11,13,15H,2-3,5-6,9H2,1H3,(H,16,17). The maximum atomic E-state index is 12.3. The van der Waals surface area contributed by atoms with Crippen LogP contribution in [0.5, 0.6) is 0 Å². The van der Waals surface area contributed by atoms with E-state index >= 15 is 0 Å². The lowest BCUT2D eigenvalue weighted by Gasteiger charge is -2.23. The number of thiophene rings is 1. The summed E-state index contributed by atoms with van der Waals surface area (Å²) >= 11 is 1.21. The van der Waals surface area contributed by atoms with E-state index in [-0.39, 0.29) is 11.7 Å². The molecule has 1 aromatic rings. The molecule has 0 saturated heterocycles. The SMILES string of the molecule is COC(CS(=O)(=O)NC(C(=O)O)c1cccs1)C1CCCC1. The minimum absolute atomic E-state index is 0.205. The first kappa shape index (κ1) is 17.4. The fraction of sp³-hybridized carbons (Fsp3) is 0.643. The van der Waals surface area contributed by atoms with Gasteiger partial charge in [0.2, 0.25) is 10.0 Å². The molecule has 0 aliphatic heterocycles. The third-order valence-electron chi connectivity index (χ3n) is 3.98. The van der Waals surface area contributed by atoms with Crippen LogP contribution < -0.4 is 4.72 Å². The van der Waals surface area contributed by atoms with Gasteiger partial charge in [0.1, 0.15) is 0 Å². The van der Waals surface area contributed by atoms with Crippen molar-refractivity contribution in [3.05, 3.63) is 22.4 Å². The van der Waals surface area contributed by atoms with Crippen molar-refractivity contribution in [3.63, 3.8) is 0 Å². The molecule has 2 N–H and O–H groups in total. The van der Waals surface area contributed by atoms with Crippen LogP contribution in [0.15, 0.2) is 17.5 Å². The van der Waals surface area contributed by atoms with Crippen molar-refractivity contribution in [3.8, 4) is 0 Å². The van der Waals surface area contributed by atoms with E-state index in [0.29, 0.717) is 4.88 Å². The monoisotopic (exact) mass is 347 g/mol. The van der Waals surface area contributed by atoms with Crippen molar-refractivity contribution >= 4 is 27.3 Å². The fourth-order valence-corrected chi connectivity index (χ4v) is 5.22. The molecular weight excluding hydrogens is 326 g/mol. The molecule has 0 radical (unpaired) electrons. The molecule has 1 aromatic heterocycles. The smallest absolute Gasteiger partial charge is 0.327 e. The van der Waals surface area contributed by atoms with Gasteiger partial charge < -0.3 is 9.84 Å². The number of aliphatic carboxylic acids is 1. The maximum absolute atomic E-state index is 12.3. The van der Waals surface area contributed by atoms with E-state index in [0.717, 1.165) is 25.7 Å². The molecule has 2 rings (SSSR count). The highest BCUT2D eigenvalue weighted by molar-refractivity contribution is 7.89. The average molecular weight is 347 g/mol. The Kier molecular flexibility index (Phi) is 5.96. The number of ether oxygens (including phenoxy) is 1. The van der Waals surface area contributed by atoms with Crippen LogP contribution in [-0.4, -0.2) is 38.5 Å². The second-order valence-electron chi connectivity index (χ2n) is 5.50. The molecule has 124 valence electrons. The summed E-state index contributed by atoms with van der Waals surface area (Å²) in [4.78, 5) is 11.8. The zero-order valence-electron chi connectivity index (χ0n) is 12.4. The second-order valence-corrected chi connectivity index (χ2v) is 8.28. The lowest BCUT2D eigenvalue weighted by atomic mass is 10.0. The first-order chi connectivity index (χ1) is 10.4. The molecule has 1 aliphatic rings. The predicted molar refractivity (Wildman–Crippen MR) is 84.4 cm³/mol. The Morgan fingerprint density at radius 1 is 1.50 bits per heavy atom. The maximum Gasteiger partial charge on any atom is 0.327 e. The number of nitrogens with one attached hydrogen (secondary N) is 1. The topological polar surface area (TPSA) is 92.7 Å². The van der Waals surface area contributed by atoms with Gasteiger partial charge in [0, 0.05) is 12.0 Å². The van der Waals surface area contributed by atoms with Crippen LogP contribution in [0.25, 0.3) is 0 Å². The third-order valence-corrected chi connectivity index (χ3v) is 6.28. The minimum atomic E-state index is -3.75. The van der Waals surface area contributed by atoms with Gasteiger partial charge in [0.15, 0.2) is 6.04 Å². The summed E-state index contributed by atoms with van der Waals surface area (Å²) in [5, 5.41) is 11.0. The van der Waals surface area contributed by atoms with E-state index < -0.39 is 28.1 Å². The van der Waals surface area contributed by atoms with Gasteiger partial charge in [-0.1, -0.05) is 18.9 Å². The number of carboxylic acid groups (broad SMARTS) is 1. The van der Waals surface area contributed by atoms with Crippen molar-refractivity contribution in [1.29, 1.82) is 0 Å². The number of carbonyl (C=O) groups is 1. The van der Waals surface area contributed by atoms with Gasteiger partial charge in [-0.05, 0) is 30.2 Å². The van der Waals surface area contributed by atoms with Crippen LogP contribution in [0, 0.1) is 5.92 Å². The van der Waals surface area contributed by atoms with Crippen LogP contribution in [0.4, 0.5) is 0 Å². The molecule has 0 spiro atoms. The molecule has 22 heavy (non-hydrogen) atoms.